The lowest BCUT2D eigenvalue weighted by Gasteiger charge is -2.08. The highest BCUT2D eigenvalue weighted by atomic mass is 16.5. The first-order valence-electron chi connectivity index (χ1n) is 7.15. The summed E-state index contributed by atoms with van der Waals surface area (Å²) in [6, 6.07) is 7.46. The van der Waals surface area contributed by atoms with Crippen LogP contribution in [-0.4, -0.2) is 36.1 Å². The lowest BCUT2D eigenvalue weighted by Crippen LogP contribution is -2.26. The molecular weight excluding hydrogens is 280 g/mol. The van der Waals surface area contributed by atoms with E-state index < -0.39 is 0 Å². The number of nitrogens with one attached hydrogen (secondary N) is 2. The van der Waals surface area contributed by atoms with E-state index in [0.29, 0.717) is 25.4 Å². The second-order valence-corrected chi connectivity index (χ2v) is 4.74. The molecule has 0 atom stereocenters. The number of carbonyl (C=O) groups excluding carboxylic acids is 1. The zero-order chi connectivity index (χ0) is 15.6. The molecule has 0 spiro atoms. The Bertz CT molecular complexity index is 590. The van der Waals surface area contributed by atoms with Crippen molar-refractivity contribution in [2.24, 2.45) is 0 Å². The molecular formula is C16H20N4O2. The van der Waals surface area contributed by atoms with Crippen molar-refractivity contribution in [2.75, 3.05) is 25.6 Å². The Morgan fingerprint density at radius 2 is 2.05 bits per heavy atom. The molecule has 0 aliphatic heterocycles. The summed E-state index contributed by atoms with van der Waals surface area (Å²) < 4.78 is 4.94. The van der Waals surface area contributed by atoms with Gasteiger partial charge in [0.15, 0.2) is 0 Å². The van der Waals surface area contributed by atoms with Crippen LogP contribution in [0.15, 0.2) is 42.9 Å². The maximum absolute atomic E-state index is 12.0. The standard InChI is InChI=1S/C16H20N4O2/c1-22-10-2-6-19-16(21)15-11-14(5-9-18-15)20-12-13-3-7-17-8-4-13/h3-5,7-9,11H,2,6,10,12H2,1H3,(H,18,20)(H,19,21). The highest BCUT2D eigenvalue weighted by Crippen LogP contribution is 2.10. The van der Waals surface area contributed by atoms with E-state index in [9.17, 15) is 4.79 Å². The van der Waals surface area contributed by atoms with Gasteiger partial charge < -0.3 is 15.4 Å². The Balaban J connectivity index is 1.87. The molecule has 0 saturated carbocycles. The molecule has 0 aliphatic carbocycles. The number of carbonyl (C=O) groups is 1. The average molecular weight is 300 g/mol. The van der Waals surface area contributed by atoms with Crippen LogP contribution in [0.3, 0.4) is 0 Å². The Labute approximate surface area is 129 Å². The Kier molecular flexibility index (Phi) is 6.32. The van der Waals surface area contributed by atoms with Gasteiger partial charge in [0, 0.05) is 51.1 Å². The number of ether oxygens (including phenoxy) is 1. The van der Waals surface area contributed by atoms with Crippen molar-refractivity contribution in [3.8, 4) is 0 Å². The van der Waals surface area contributed by atoms with Crippen molar-refractivity contribution in [3.05, 3.63) is 54.1 Å². The van der Waals surface area contributed by atoms with Gasteiger partial charge in [0.1, 0.15) is 5.69 Å². The molecule has 1 amide bonds. The molecule has 22 heavy (non-hydrogen) atoms. The molecule has 2 heterocycles. The second kappa shape index (κ2) is 8.74. The maximum atomic E-state index is 12.0. The van der Waals surface area contributed by atoms with E-state index in [1.54, 1.807) is 31.8 Å². The van der Waals surface area contributed by atoms with Crippen LogP contribution >= 0.6 is 0 Å². The third-order valence-electron chi connectivity index (χ3n) is 3.05. The number of amides is 1. The lowest BCUT2D eigenvalue weighted by atomic mass is 10.2. The molecule has 0 aromatic carbocycles. The smallest absolute Gasteiger partial charge is 0.269 e. The Hall–Kier alpha value is -2.47. The molecule has 0 unspecified atom stereocenters. The summed E-state index contributed by atoms with van der Waals surface area (Å²) in [6.45, 7) is 1.87. The quantitative estimate of drug-likeness (QED) is 0.728. The van der Waals surface area contributed by atoms with Crippen molar-refractivity contribution < 1.29 is 9.53 Å². The molecule has 6 nitrogen and oxygen atoms in total. The SMILES string of the molecule is COCCCNC(=O)c1cc(NCc2ccncc2)ccn1. The van der Waals surface area contributed by atoms with Crippen LogP contribution < -0.4 is 10.6 Å². The summed E-state index contributed by atoms with van der Waals surface area (Å²) in [5, 5.41) is 6.08. The molecule has 0 saturated heterocycles. The lowest BCUT2D eigenvalue weighted by molar-refractivity contribution is 0.0943. The fraction of sp³-hybridized carbons (Fsp3) is 0.312. The number of nitrogens with zero attached hydrogens (tertiary/aromatic N) is 2. The second-order valence-electron chi connectivity index (χ2n) is 4.74. The molecule has 0 radical (unpaired) electrons. The number of hydrogen-bond donors (Lipinski definition) is 2. The molecule has 2 rings (SSSR count). The van der Waals surface area contributed by atoms with Crippen LogP contribution in [-0.2, 0) is 11.3 Å². The fourth-order valence-electron chi connectivity index (χ4n) is 1.88. The number of methoxy groups -OCH3 is 1. The summed E-state index contributed by atoms with van der Waals surface area (Å²) in [7, 11) is 1.64. The summed E-state index contributed by atoms with van der Waals surface area (Å²) >= 11 is 0. The molecule has 2 aromatic heterocycles. The van der Waals surface area contributed by atoms with Crippen LogP contribution in [0.4, 0.5) is 5.69 Å². The van der Waals surface area contributed by atoms with Crippen LogP contribution in [0.2, 0.25) is 0 Å². The number of anilines is 1. The van der Waals surface area contributed by atoms with Gasteiger partial charge in [-0.05, 0) is 36.2 Å². The highest BCUT2D eigenvalue weighted by molar-refractivity contribution is 5.93. The highest BCUT2D eigenvalue weighted by Gasteiger charge is 2.07. The first-order chi connectivity index (χ1) is 10.8. The molecule has 2 N–H and O–H groups in total. The Morgan fingerprint density at radius 1 is 1.23 bits per heavy atom. The van der Waals surface area contributed by atoms with Crippen molar-refractivity contribution >= 4 is 11.6 Å². The third-order valence-corrected chi connectivity index (χ3v) is 3.05. The molecule has 2 aromatic rings. The predicted octanol–water partition coefficient (Wildman–Crippen LogP) is 1.85. The monoisotopic (exact) mass is 300 g/mol. The zero-order valence-corrected chi connectivity index (χ0v) is 12.6. The third kappa shape index (κ3) is 5.14. The maximum Gasteiger partial charge on any atom is 0.269 e. The number of aromatic nitrogens is 2. The first-order valence-corrected chi connectivity index (χ1v) is 7.15. The minimum Gasteiger partial charge on any atom is -0.385 e. The van der Waals surface area contributed by atoms with Gasteiger partial charge in [0.25, 0.3) is 5.91 Å². The van der Waals surface area contributed by atoms with Crippen LogP contribution in [0.1, 0.15) is 22.5 Å². The van der Waals surface area contributed by atoms with Gasteiger partial charge in [-0.25, -0.2) is 0 Å². The van der Waals surface area contributed by atoms with Crippen molar-refractivity contribution in [1.29, 1.82) is 0 Å². The van der Waals surface area contributed by atoms with E-state index in [-0.39, 0.29) is 5.91 Å². The first kappa shape index (κ1) is 15.9. The molecule has 6 heteroatoms. The van der Waals surface area contributed by atoms with Gasteiger partial charge in [-0.1, -0.05) is 0 Å². The number of hydrogen-bond acceptors (Lipinski definition) is 5. The van der Waals surface area contributed by atoms with E-state index in [1.807, 2.05) is 18.2 Å². The summed E-state index contributed by atoms with van der Waals surface area (Å²) in [5.74, 6) is -0.177. The van der Waals surface area contributed by atoms with Crippen molar-refractivity contribution in [1.82, 2.24) is 15.3 Å². The van der Waals surface area contributed by atoms with E-state index in [1.165, 1.54) is 0 Å². The van der Waals surface area contributed by atoms with E-state index >= 15 is 0 Å². The normalized spacial score (nSPS) is 10.2. The molecule has 0 bridgehead atoms. The summed E-state index contributed by atoms with van der Waals surface area (Å²) in [5.41, 5.74) is 2.38. The average Bonchev–Trinajstić information content (AvgIpc) is 2.58. The fourth-order valence-corrected chi connectivity index (χ4v) is 1.88. The minimum absolute atomic E-state index is 0.177. The summed E-state index contributed by atoms with van der Waals surface area (Å²) in [4.78, 5) is 20.1. The van der Waals surface area contributed by atoms with Crippen LogP contribution in [0.5, 0.6) is 0 Å². The molecule has 0 fully saturated rings. The van der Waals surface area contributed by atoms with E-state index in [4.69, 9.17) is 4.74 Å². The molecule has 0 aliphatic rings. The van der Waals surface area contributed by atoms with Crippen LogP contribution in [0, 0.1) is 0 Å². The van der Waals surface area contributed by atoms with Gasteiger partial charge >= 0.3 is 0 Å². The number of pyridine rings is 2. The Morgan fingerprint density at radius 3 is 2.82 bits per heavy atom. The predicted molar refractivity (Wildman–Crippen MR) is 84.6 cm³/mol. The van der Waals surface area contributed by atoms with Crippen molar-refractivity contribution in [2.45, 2.75) is 13.0 Å². The van der Waals surface area contributed by atoms with Crippen molar-refractivity contribution in [3.63, 3.8) is 0 Å². The summed E-state index contributed by atoms with van der Waals surface area (Å²) in [6.07, 6.45) is 5.91. The van der Waals surface area contributed by atoms with Gasteiger partial charge in [0.2, 0.25) is 0 Å². The van der Waals surface area contributed by atoms with Crippen LogP contribution in [0.25, 0.3) is 0 Å². The largest absolute Gasteiger partial charge is 0.385 e. The van der Waals surface area contributed by atoms with Gasteiger partial charge in [-0.2, -0.15) is 0 Å². The number of rotatable bonds is 8. The topological polar surface area (TPSA) is 76.1 Å². The minimum atomic E-state index is -0.177. The molecule has 116 valence electrons. The zero-order valence-electron chi connectivity index (χ0n) is 12.6. The van der Waals surface area contributed by atoms with E-state index in [0.717, 1.165) is 17.7 Å². The van der Waals surface area contributed by atoms with E-state index in [2.05, 4.69) is 20.6 Å². The van der Waals surface area contributed by atoms with Gasteiger partial charge in [0.05, 0.1) is 0 Å². The van der Waals surface area contributed by atoms with Gasteiger partial charge in [-0.15, -0.1) is 0 Å². The van der Waals surface area contributed by atoms with Gasteiger partial charge in [-0.3, -0.25) is 14.8 Å².